The zero-order valence-electron chi connectivity index (χ0n) is 12.6. The molecule has 1 amide bonds. The number of nitrogens with zero attached hydrogens (tertiary/aromatic N) is 1. The number of benzene rings is 1. The molecule has 5 nitrogen and oxygen atoms in total. The second-order valence-electron chi connectivity index (χ2n) is 4.58. The van der Waals surface area contributed by atoms with Crippen molar-refractivity contribution < 1.29 is 9.53 Å². The number of amides is 1. The monoisotopic (exact) mass is 279 g/mol. The SMILES string of the molecule is CCCOc1cc(N)cc(N(CC)CC(=O)NCC)c1. The summed E-state index contributed by atoms with van der Waals surface area (Å²) in [4.78, 5) is 13.7. The summed E-state index contributed by atoms with van der Waals surface area (Å²) in [7, 11) is 0. The molecule has 0 aromatic heterocycles. The molecule has 0 radical (unpaired) electrons. The predicted octanol–water partition coefficient (Wildman–Crippen LogP) is 2.02. The number of hydrogen-bond donors (Lipinski definition) is 2. The standard InChI is InChI=1S/C15H25N3O2/c1-4-7-20-14-9-12(16)8-13(10-14)18(6-3)11-15(19)17-5-2/h8-10H,4-7,11,16H2,1-3H3,(H,17,19). The van der Waals surface area contributed by atoms with Crippen LogP contribution in [0.1, 0.15) is 27.2 Å². The highest BCUT2D eigenvalue weighted by Gasteiger charge is 2.11. The van der Waals surface area contributed by atoms with Gasteiger partial charge in [-0.1, -0.05) is 6.92 Å². The van der Waals surface area contributed by atoms with Gasteiger partial charge in [0.1, 0.15) is 5.75 Å². The number of nitrogen functional groups attached to an aromatic ring is 1. The Kier molecular flexibility index (Phi) is 6.70. The van der Waals surface area contributed by atoms with E-state index in [9.17, 15) is 4.79 Å². The molecule has 0 aliphatic rings. The van der Waals surface area contributed by atoms with Crippen molar-refractivity contribution >= 4 is 17.3 Å². The van der Waals surface area contributed by atoms with Crippen molar-refractivity contribution in [3.8, 4) is 5.75 Å². The van der Waals surface area contributed by atoms with Gasteiger partial charge in [0, 0.05) is 36.6 Å². The Bertz CT molecular complexity index is 435. The van der Waals surface area contributed by atoms with E-state index in [1.807, 2.05) is 30.9 Å². The van der Waals surface area contributed by atoms with Gasteiger partial charge in [-0.05, 0) is 26.3 Å². The van der Waals surface area contributed by atoms with Gasteiger partial charge in [0.2, 0.25) is 5.91 Å². The van der Waals surface area contributed by atoms with E-state index in [-0.39, 0.29) is 5.91 Å². The zero-order valence-corrected chi connectivity index (χ0v) is 12.6. The number of carbonyl (C=O) groups is 1. The minimum Gasteiger partial charge on any atom is -0.493 e. The lowest BCUT2D eigenvalue weighted by molar-refractivity contribution is -0.119. The first-order valence-corrected chi connectivity index (χ1v) is 7.15. The third kappa shape index (κ3) is 4.99. The molecule has 5 heteroatoms. The molecule has 0 saturated carbocycles. The number of carbonyl (C=O) groups excluding carboxylic acids is 1. The molecule has 0 bridgehead atoms. The average Bonchev–Trinajstić information content (AvgIpc) is 2.42. The topological polar surface area (TPSA) is 67.6 Å². The number of hydrogen-bond acceptors (Lipinski definition) is 4. The van der Waals surface area contributed by atoms with Crippen LogP contribution in [0.5, 0.6) is 5.75 Å². The minimum absolute atomic E-state index is 0.00722. The lowest BCUT2D eigenvalue weighted by atomic mass is 10.2. The van der Waals surface area contributed by atoms with E-state index in [4.69, 9.17) is 10.5 Å². The van der Waals surface area contributed by atoms with E-state index in [0.29, 0.717) is 25.4 Å². The molecule has 1 aromatic rings. The van der Waals surface area contributed by atoms with E-state index < -0.39 is 0 Å². The van der Waals surface area contributed by atoms with Crippen LogP contribution in [0.3, 0.4) is 0 Å². The molecule has 112 valence electrons. The van der Waals surface area contributed by atoms with Crippen LogP contribution >= 0.6 is 0 Å². The molecular weight excluding hydrogens is 254 g/mol. The van der Waals surface area contributed by atoms with Gasteiger partial charge in [0.05, 0.1) is 13.2 Å². The lowest BCUT2D eigenvalue weighted by Gasteiger charge is -2.23. The summed E-state index contributed by atoms with van der Waals surface area (Å²) in [6.45, 7) is 8.32. The van der Waals surface area contributed by atoms with Crippen LogP contribution in [0, 0.1) is 0 Å². The lowest BCUT2D eigenvalue weighted by Crippen LogP contribution is -2.37. The summed E-state index contributed by atoms with van der Waals surface area (Å²) in [5.41, 5.74) is 7.45. The van der Waals surface area contributed by atoms with Crippen LogP contribution < -0.4 is 20.7 Å². The van der Waals surface area contributed by atoms with Gasteiger partial charge in [-0.25, -0.2) is 0 Å². The maximum absolute atomic E-state index is 11.7. The van der Waals surface area contributed by atoms with E-state index in [0.717, 1.165) is 24.4 Å². The molecule has 0 spiro atoms. The summed E-state index contributed by atoms with van der Waals surface area (Å²) >= 11 is 0. The number of ether oxygens (including phenoxy) is 1. The molecule has 0 saturated heterocycles. The first-order valence-electron chi connectivity index (χ1n) is 7.15. The van der Waals surface area contributed by atoms with E-state index >= 15 is 0 Å². The van der Waals surface area contributed by atoms with Crippen LogP contribution in [0.15, 0.2) is 18.2 Å². The summed E-state index contributed by atoms with van der Waals surface area (Å²) in [5.74, 6) is 0.754. The Labute approximate surface area is 121 Å². The van der Waals surface area contributed by atoms with E-state index in [1.165, 1.54) is 0 Å². The highest BCUT2D eigenvalue weighted by molar-refractivity contribution is 5.81. The van der Waals surface area contributed by atoms with Crippen molar-refractivity contribution in [2.45, 2.75) is 27.2 Å². The van der Waals surface area contributed by atoms with Gasteiger partial charge in [-0.15, -0.1) is 0 Å². The van der Waals surface area contributed by atoms with Crippen LogP contribution in [-0.2, 0) is 4.79 Å². The third-order valence-electron chi connectivity index (χ3n) is 2.84. The third-order valence-corrected chi connectivity index (χ3v) is 2.84. The van der Waals surface area contributed by atoms with E-state index in [1.54, 1.807) is 6.07 Å². The highest BCUT2D eigenvalue weighted by atomic mass is 16.5. The van der Waals surface area contributed by atoms with Crippen LogP contribution in [0.25, 0.3) is 0 Å². The Hall–Kier alpha value is -1.91. The number of anilines is 2. The summed E-state index contributed by atoms with van der Waals surface area (Å²) in [6.07, 6.45) is 0.945. The minimum atomic E-state index is 0.00722. The molecule has 0 aliphatic heterocycles. The van der Waals surface area contributed by atoms with Crippen molar-refractivity contribution in [2.24, 2.45) is 0 Å². The Morgan fingerprint density at radius 2 is 2.05 bits per heavy atom. The molecule has 0 heterocycles. The fraction of sp³-hybridized carbons (Fsp3) is 0.533. The van der Waals surface area contributed by atoms with Gasteiger partial charge >= 0.3 is 0 Å². The Morgan fingerprint density at radius 1 is 1.30 bits per heavy atom. The fourth-order valence-corrected chi connectivity index (χ4v) is 1.90. The first-order chi connectivity index (χ1) is 9.60. The molecule has 0 fully saturated rings. The quantitative estimate of drug-likeness (QED) is 0.714. The molecule has 0 atom stereocenters. The summed E-state index contributed by atoms with van der Waals surface area (Å²) < 4.78 is 5.62. The maximum atomic E-state index is 11.7. The molecule has 3 N–H and O–H groups in total. The molecule has 1 rings (SSSR count). The normalized spacial score (nSPS) is 10.2. The average molecular weight is 279 g/mol. The number of rotatable bonds is 8. The molecule has 0 aliphatic carbocycles. The molecule has 1 aromatic carbocycles. The smallest absolute Gasteiger partial charge is 0.239 e. The van der Waals surface area contributed by atoms with Crippen molar-refractivity contribution in [1.82, 2.24) is 5.32 Å². The van der Waals surface area contributed by atoms with Gasteiger partial charge in [-0.2, -0.15) is 0 Å². The second kappa shape index (κ2) is 8.30. The summed E-state index contributed by atoms with van der Waals surface area (Å²) in [5, 5.41) is 2.80. The maximum Gasteiger partial charge on any atom is 0.239 e. The van der Waals surface area contributed by atoms with E-state index in [2.05, 4.69) is 12.2 Å². The van der Waals surface area contributed by atoms with Crippen molar-refractivity contribution in [3.63, 3.8) is 0 Å². The molecule has 0 unspecified atom stereocenters. The van der Waals surface area contributed by atoms with Crippen molar-refractivity contribution in [2.75, 3.05) is 36.9 Å². The number of nitrogens with one attached hydrogen (secondary N) is 1. The largest absolute Gasteiger partial charge is 0.493 e. The van der Waals surface area contributed by atoms with Gasteiger partial charge in [0.25, 0.3) is 0 Å². The van der Waals surface area contributed by atoms with Gasteiger partial charge < -0.3 is 20.7 Å². The van der Waals surface area contributed by atoms with Gasteiger partial charge in [0.15, 0.2) is 0 Å². The van der Waals surface area contributed by atoms with Gasteiger partial charge in [-0.3, -0.25) is 4.79 Å². The van der Waals surface area contributed by atoms with Crippen LogP contribution in [0.4, 0.5) is 11.4 Å². The van der Waals surface area contributed by atoms with Crippen LogP contribution in [0.2, 0.25) is 0 Å². The first kappa shape index (κ1) is 16.1. The Balaban J connectivity index is 2.85. The zero-order chi connectivity index (χ0) is 15.0. The number of likely N-dealkylation sites (N-methyl/N-ethyl adjacent to an activating group) is 2. The number of nitrogens with two attached hydrogens (primary N) is 1. The molecule has 20 heavy (non-hydrogen) atoms. The van der Waals surface area contributed by atoms with Crippen LogP contribution in [-0.4, -0.2) is 32.1 Å². The second-order valence-corrected chi connectivity index (χ2v) is 4.58. The fourth-order valence-electron chi connectivity index (χ4n) is 1.90. The van der Waals surface area contributed by atoms with Crippen molar-refractivity contribution in [1.29, 1.82) is 0 Å². The summed E-state index contributed by atoms with van der Waals surface area (Å²) in [6, 6.07) is 5.59. The Morgan fingerprint density at radius 3 is 2.65 bits per heavy atom. The van der Waals surface area contributed by atoms with Crippen molar-refractivity contribution in [3.05, 3.63) is 18.2 Å². The highest BCUT2D eigenvalue weighted by Crippen LogP contribution is 2.25. The predicted molar refractivity (Wildman–Crippen MR) is 83.2 cm³/mol. The molecular formula is C15H25N3O2.